The number of carbonyl (C=O) groups excluding carboxylic acids is 2. The van der Waals surface area contributed by atoms with Crippen LogP contribution in [0.1, 0.15) is 37.5 Å². The Morgan fingerprint density at radius 1 is 1.03 bits per heavy atom. The summed E-state index contributed by atoms with van der Waals surface area (Å²) in [5.41, 5.74) is 7.23. The summed E-state index contributed by atoms with van der Waals surface area (Å²) in [5, 5.41) is 15.1. The van der Waals surface area contributed by atoms with E-state index in [2.05, 4.69) is 16.0 Å². The van der Waals surface area contributed by atoms with Crippen molar-refractivity contribution in [2.24, 2.45) is 0 Å². The lowest BCUT2D eigenvalue weighted by molar-refractivity contribution is -0.384. The maximum Gasteiger partial charge on any atom is 0.274 e. The molecule has 0 saturated carbocycles. The quantitative estimate of drug-likeness (QED) is 0.478. The number of benzene rings is 2. The van der Waals surface area contributed by atoms with E-state index in [1.54, 1.807) is 6.92 Å². The van der Waals surface area contributed by atoms with Crippen molar-refractivity contribution in [3.63, 3.8) is 0 Å². The number of amides is 2. The van der Waals surface area contributed by atoms with Crippen LogP contribution in [0.15, 0.2) is 48.5 Å². The summed E-state index contributed by atoms with van der Waals surface area (Å²) < 4.78 is 1.51. The highest BCUT2D eigenvalue weighted by Crippen LogP contribution is 2.21. The molecule has 1 aromatic heterocycles. The van der Waals surface area contributed by atoms with Crippen molar-refractivity contribution < 1.29 is 14.5 Å². The summed E-state index contributed by atoms with van der Waals surface area (Å²) in [6, 6.07) is 12.8. The van der Waals surface area contributed by atoms with Crippen molar-refractivity contribution in [1.82, 2.24) is 20.6 Å². The van der Waals surface area contributed by atoms with Crippen molar-refractivity contribution in [2.75, 3.05) is 0 Å². The van der Waals surface area contributed by atoms with Crippen LogP contribution < -0.4 is 10.9 Å². The lowest BCUT2D eigenvalue weighted by Crippen LogP contribution is -2.41. The predicted molar refractivity (Wildman–Crippen MR) is 110 cm³/mol. The zero-order valence-electron chi connectivity index (χ0n) is 16.2. The number of rotatable bonds is 5. The van der Waals surface area contributed by atoms with Gasteiger partial charge in [-0.15, -0.1) is 0 Å². The van der Waals surface area contributed by atoms with Crippen LogP contribution in [-0.4, -0.2) is 26.5 Å². The maximum atomic E-state index is 12.5. The molecule has 30 heavy (non-hydrogen) atoms. The molecule has 0 radical (unpaired) electrons. The van der Waals surface area contributed by atoms with E-state index in [0.717, 1.165) is 11.1 Å². The Morgan fingerprint density at radius 3 is 2.23 bits per heavy atom. The van der Waals surface area contributed by atoms with Crippen molar-refractivity contribution in [3.05, 3.63) is 91.7 Å². The third-order valence-corrected chi connectivity index (χ3v) is 4.76. The van der Waals surface area contributed by atoms with Crippen LogP contribution in [0.25, 0.3) is 0 Å². The fraction of sp³-hybridized carbons (Fsp3) is 0.150. The van der Waals surface area contributed by atoms with Gasteiger partial charge in [-0.3, -0.25) is 30.6 Å². The molecule has 154 valence electrons. The number of hydrogen-bond donors (Lipinski definition) is 2. The third-order valence-electron chi connectivity index (χ3n) is 4.38. The van der Waals surface area contributed by atoms with E-state index >= 15 is 0 Å². The first-order valence-electron chi connectivity index (χ1n) is 8.90. The average molecular weight is 428 g/mol. The Morgan fingerprint density at radius 2 is 1.63 bits per heavy atom. The maximum absolute atomic E-state index is 12.5. The van der Waals surface area contributed by atoms with Gasteiger partial charge in [-0.25, -0.2) is 4.68 Å². The van der Waals surface area contributed by atoms with E-state index in [4.69, 9.17) is 11.6 Å². The molecule has 9 nitrogen and oxygen atoms in total. The first kappa shape index (κ1) is 21.0. The Labute approximate surface area is 176 Å². The number of hydrogen-bond acceptors (Lipinski definition) is 5. The normalized spacial score (nSPS) is 10.5. The van der Waals surface area contributed by atoms with E-state index < -0.39 is 16.7 Å². The van der Waals surface area contributed by atoms with Crippen LogP contribution >= 0.6 is 11.6 Å². The molecule has 0 atom stereocenters. The molecule has 10 heteroatoms. The predicted octanol–water partition coefficient (Wildman–Crippen LogP) is 3.18. The zero-order chi connectivity index (χ0) is 21.8. The summed E-state index contributed by atoms with van der Waals surface area (Å²) >= 11 is 6.35. The van der Waals surface area contributed by atoms with Gasteiger partial charge in [0.2, 0.25) is 0 Å². The molecule has 0 aliphatic carbocycles. The summed E-state index contributed by atoms with van der Waals surface area (Å²) in [5.74, 6) is -1.25. The van der Waals surface area contributed by atoms with Gasteiger partial charge >= 0.3 is 0 Å². The number of non-ortho nitro benzene ring substituents is 1. The SMILES string of the molecule is Cc1ccc(Cn2nc(C)c(C(=O)NNC(=O)c3ccc([N+](=O)[O-])cc3)c2Cl)cc1. The highest BCUT2D eigenvalue weighted by atomic mass is 35.5. The van der Waals surface area contributed by atoms with E-state index in [1.807, 2.05) is 31.2 Å². The molecule has 2 amide bonds. The monoisotopic (exact) mass is 427 g/mol. The van der Waals surface area contributed by atoms with Gasteiger partial charge in [0, 0.05) is 17.7 Å². The highest BCUT2D eigenvalue weighted by Gasteiger charge is 2.21. The fourth-order valence-corrected chi connectivity index (χ4v) is 3.09. The molecule has 0 unspecified atom stereocenters. The van der Waals surface area contributed by atoms with Crippen LogP contribution in [0.3, 0.4) is 0 Å². The van der Waals surface area contributed by atoms with Crippen LogP contribution in [0, 0.1) is 24.0 Å². The number of aryl methyl sites for hydroxylation is 2. The second-order valence-electron chi connectivity index (χ2n) is 6.61. The van der Waals surface area contributed by atoms with E-state index in [-0.39, 0.29) is 22.0 Å². The molecule has 0 bridgehead atoms. The smallest absolute Gasteiger partial charge is 0.267 e. The van der Waals surface area contributed by atoms with E-state index in [0.29, 0.717) is 12.2 Å². The molecule has 0 spiro atoms. The van der Waals surface area contributed by atoms with Crippen LogP contribution in [0.2, 0.25) is 5.15 Å². The fourth-order valence-electron chi connectivity index (χ4n) is 2.77. The molecular weight excluding hydrogens is 410 g/mol. The van der Waals surface area contributed by atoms with Crippen LogP contribution in [0.4, 0.5) is 5.69 Å². The molecule has 3 aromatic rings. The zero-order valence-corrected chi connectivity index (χ0v) is 16.9. The number of nitro benzene ring substituents is 1. The molecule has 2 aromatic carbocycles. The highest BCUT2D eigenvalue weighted by molar-refractivity contribution is 6.33. The van der Waals surface area contributed by atoms with Gasteiger partial charge < -0.3 is 0 Å². The summed E-state index contributed by atoms with van der Waals surface area (Å²) in [7, 11) is 0. The van der Waals surface area contributed by atoms with Crippen molar-refractivity contribution in [1.29, 1.82) is 0 Å². The average Bonchev–Trinajstić information content (AvgIpc) is 3.00. The summed E-state index contributed by atoms with van der Waals surface area (Å²) in [6.07, 6.45) is 0. The van der Waals surface area contributed by atoms with Gasteiger partial charge in [-0.1, -0.05) is 41.4 Å². The molecule has 0 aliphatic heterocycles. The first-order chi connectivity index (χ1) is 14.3. The van der Waals surface area contributed by atoms with Crippen molar-refractivity contribution in [2.45, 2.75) is 20.4 Å². The topological polar surface area (TPSA) is 119 Å². The Hall–Kier alpha value is -3.72. The summed E-state index contributed by atoms with van der Waals surface area (Å²) in [4.78, 5) is 34.8. The lowest BCUT2D eigenvalue weighted by atomic mass is 10.1. The number of nitrogens with one attached hydrogen (secondary N) is 2. The Bertz CT molecular complexity index is 1110. The molecule has 3 rings (SSSR count). The molecule has 0 aliphatic rings. The largest absolute Gasteiger partial charge is 0.274 e. The summed E-state index contributed by atoms with van der Waals surface area (Å²) in [6.45, 7) is 4.02. The van der Waals surface area contributed by atoms with Gasteiger partial charge in [0.1, 0.15) is 10.7 Å². The van der Waals surface area contributed by atoms with Gasteiger partial charge in [-0.2, -0.15) is 5.10 Å². The van der Waals surface area contributed by atoms with Gasteiger partial charge in [0.05, 0.1) is 17.2 Å². The van der Waals surface area contributed by atoms with E-state index in [9.17, 15) is 19.7 Å². The Balaban J connectivity index is 1.67. The molecule has 0 saturated heterocycles. The minimum atomic E-state index is -0.626. The number of hydrazine groups is 1. The Kier molecular flexibility index (Phi) is 6.12. The number of aromatic nitrogens is 2. The molecule has 1 heterocycles. The molecule has 2 N–H and O–H groups in total. The lowest BCUT2D eigenvalue weighted by Gasteiger charge is -2.08. The number of nitrogens with zero attached hydrogens (tertiary/aromatic N) is 3. The van der Waals surface area contributed by atoms with Gasteiger partial charge in [-0.05, 0) is 31.5 Å². The minimum absolute atomic E-state index is 0.140. The number of carbonyl (C=O) groups is 2. The number of halogens is 1. The van der Waals surface area contributed by atoms with Crippen molar-refractivity contribution in [3.8, 4) is 0 Å². The van der Waals surface area contributed by atoms with Gasteiger partial charge in [0.25, 0.3) is 17.5 Å². The van der Waals surface area contributed by atoms with E-state index in [1.165, 1.54) is 28.9 Å². The second kappa shape index (κ2) is 8.75. The molecular formula is C20H18ClN5O4. The number of nitro groups is 1. The molecule has 0 fully saturated rings. The minimum Gasteiger partial charge on any atom is -0.267 e. The van der Waals surface area contributed by atoms with Crippen LogP contribution in [0.5, 0.6) is 0 Å². The standard InChI is InChI=1S/C20H18ClN5O4/c1-12-3-5-14(6-4-12)11-25-18(21)17(13(2)24-25)20(28)23-22-19(27)15-7-9-16(10-8-15)26(29)30/h3-10H,11H2,1-2H3,(H,22,27)(H,23,28). The third kappa shape index (κ3) is 4.64. The van der Waals surface area contributed by atoms with Crippen LogP contribution in [-0.2, 0) is 6.54 Å². The van der Waals surface area contributed by atoms with Crippen molar-refractivity contribution >= 4 is 29.1 Å². The second-order valence-corrected chi connectivity index (χ2v) is 6.96. The first-order valence-corrected chi connectivity index (χ1v) is 9.27. The van der Waals surface area contributed by atoms with Gasteiger partial charge in [0.15, 0.2) is 0 Å².